The molecular weight excluding hydrogens is 453 g/mol. The highest BCUT2D eigenvalue weighted by Crippen LogP contribution is 2.15. The second-order valence-corrected chi connectivity index (χ2v) is 8.66. The summed E-state index contributed by atoms with van der Waals surface area (Å²) >= 11 is 0. The summed E-state index contributed by atoms with van der Waals surface area (Å²) < 4.78 is 38.9. The van der Waals surface area contributed by atoms with E-state index in [4.69, 9.17) is 5.73 Å². The molecule has 11 nitrogen and oxygen atoms in total. The summed E-state index contributed by atoms with van der Waals surface area (Å²) in [6.07, 6.45) is 2.20. The van der Waals surface area contributed by atoms with Crippen LogP contribution in [0.4, 0.5) is 10.1 Å². The summed E-state index contributed by atoms with van der Waals surface area (Å²) in [4.78, 5) is 36.8. The number of H-pyrrole nitrogens is 1. The van der Waals surface area contributed by atoms with Gasteiger partial charge in [-0.3, -0.25) is 19.6 Å². The van der Waals surface area contributed by atoms with Gasteiger partial charge < -0.3 is 16.0 Å². The number of anilines is 1. The number of hydrazine groups is 1. The predicted octanol–water partition coefficient (Wildman–Crippen LogP) is 0.425. The summed E-state index contributed by atoms with van der Waals surface area (Å²) in [7, 11) is -4.34. The molecule has 1 amide bonds. The van der Waals surface area contributed by atoms with Crippen LogP contribution in [0.1, 0.15) is 29.5 Å². The van der Waals surface area contributed by atoms with Gasteiger partial charge in [0.2, 0.25) is 5.91 Å². The molecule has 6 N–H and O–H groups in total. The number of aromatic nitrogens is 3. The lowest BCUT2D eigenvalue weighted by Gasteiger charge is -2.18. The first-order valence-corrected chi connectivity index (χ1v) is 11.2. The van der Waals surface area contributed by atoms with Crippen molar-refractivity contribution in [1.29, 1.82) is 0 Å². The van der Waals surface area contributed by atoms with Crippen LogP contribution in [-0.2, 0) is 21.4 Å². The predicted molar refractivity (Wildman–Crippen MR) is 117 cm³/mol. The van der Waals surface area contributed by atoms with Gasteiger partial charge in [0.15, 0.2) is 0 Å². The third-order valence-corrected chi connectivity index (χ3v) is 5.85. The highest BCUT2D eigenvalue weighted by molar-refractivity contribution is 7.89. The van der Waals surface area contributed by atoms with Crippen LogP contribution in [0.5, 0.6) is 0 Å². The quantitative estimate of drug-likeness (QED) is 0.277. The summed E-state index contributed by atoms with van der Waals surface area (Å²) in [5.74, 6) is -1.50. The van der Waals surface area contributed by atoms with Crippen molar-refractivity contribution in [3.05, 3.63) is 82.0 Å². The van der Waals surface area contributed by atoms with E-state index in [1.54, 1.807) is 19.1 Å². The highest BCUT2D eigenvalue weighted by Gasteiger charge is 2.24. The topological polar surface area (TPSA) is 172 Å². The van der Waals surface area contributed by atoms with E-state index >= 15 is 0 Å². The summed E-state index contributed by atoms with van der Waals surface area (Å²) in [6, 6.07) is 7.01. The third-order valence-electron chi connectivity index (χ3n) is 4.55. The van der Waals surface area contributed by atoms with Crippen LogP contribution in [-0.4, -0.2) is 29.3 Å². The molecular formula is C20H22FN7O4S. The molecule has 2 aromatic heterocycles. The van der Waals surface area contributed by atoms with Crippen LogP contribution < -0.4 is 26.9 Å². The van der Waals surface area contributed by atoms with Crippen molar-refractivity contribution in [1.82, 2.24) is 30.5 Å². The fourth-order valence-corrected chi connectivity index (χ4v) is 3.89. The van der Waals surface area contributed by atoms with E-state index in [9.17, 15) is 22.4 Å². The van der Waals surface area contributed by atoms with Crippen molar-refractivity contribution < 1.29 is 17.6 Å². The van der Waals surface area contributed by atoms with Gasteiger partial charge in [0, 0.05) is 24.5 Å². The molecule has 0 spiro atoms. The van der Waals surface area contributed by atoms with E-state index in [-0.39, 0.29) is 18.7 Å². The Bertz CT molecular complexity index is 1310. The molecule has 1 atom stereocenters. The zero-order chi connectivity index (χ0) is 24.0. The molecule has 0 fully saturated rings. The molecule has 13 heteroatoms. The van der Waals surface area contributed by atoms with Gasteiger partial charge in [0.1, 0.15) is 16.4 Å². The van der Waals surface area contributed by atoms with Gasteiger partial charge in [-0.25, -0.2) is 18.2 Å². The fourth-order valence-electron chi connectivity index (χ4n) is 2.90. The molecule has 1 aromatic carbocycles. The Morgan fingerprint density at radius 2 is 2.00 bits per heavy atom. The Hall–Kier alpha value is -3.68. The minimum atomic E-state index is -4.34. The summed E-state index contributed by atoms with van der Waals surface area (Å²) in [5.41, 5.74) is 9.07. The van der Waals surface area contributed by atoms with Crippen LogP contribution >= 0.6 is 0 Å². The molecule has 3 aromatic rings. The number of amides is 1. The second kappa shape index (κ2) is 10.3. The Morgan fingerprint density at radius 3 is 2.73 bits per heavy atom. The Kier molecular flexibility index (Phi) is 7.48. The van der Waals surface area contributed by atoms with Gasteiger partial charge >= 0.3 is 0 Å². The zero-order valence-corrected chi connectivity index (χ0v) is 18.3. The molecule has 0 saturated heterocycles. The molecule has 0 aliphatic heterocycles. The smallest absolute Gasteiger partial charge is 0.271 e. The van der Waals surface area contributed by atoms with Crippen LogP contribution in [0.3, 0.4) is 0 Å². The van der Waals surface area contributed by atoms with Crippen LogP contribution in [0, 0.1) is 12.7 Å². The zero-order valence-electron chi connectivity index (χ0n) is 17.5. The van der Waals surface area contributed by atoms with E-state index in [0.29, 0.717) is 11.4 Å². The number of hydrogen-bond acceptors (Lipinski definition) is 8. The van der Waals surface area contributed by atoms with Crippen LogP contribution in [0.15, 0.2) is 58.5 Å². The Morgan fingerprint density at radius 1 is 1.24 bits per heavy atom. The number of benzene rings is 1. The number of nitrogen functional groups attached to an aromatic ring is 1. The third kappa shape index (κ3) is 6.19. The SMILES string of the molecule is Cc1ccc(N)c(CNC(=O)CC(NNS(=O)(=O)c2ccccc2F)c2ncc[nH]c2=O)n1. The van der Waals surface area contributed by atoms with Gasteiger partial charge in [0.25, 0.3) is 15.6 Å². The average molecular weight is 476 g/mol. The van der Waals surface area contributed by atoms with Gasteiger partial charge in [0.05, 0.1) is 24.0 Å². The van der Waals surface area contributed by atoms with Crippen molar-refractivity contribution in [2.75, 3.05) is 5.73 Å². The number of carbonyl (C=O) groups is 1. The first kappa shape index (κ1) is 24.0. The fraction of sp³-hybridized carbons (Fsp3) is 0.200. The van der Waals surface area contributed by atoms with E-state index in [1.807, 2.05) is 4.83 Å². The molecule has 174 valence electrons. The standard InChI is InChI=1S/C20H22FN7O4S/c1-12-6-7-14(22)16(26-12)11-25-18(29)10-15(19-20(30)24-9-8-23-19)27-28-33(31,32)17-5-3-2-4-13(17)21/h2-9,15,27-28H,10-11,22H2,1H3,(H,24,30)(H,25,29). The van der Waals surface area contributed by atoms with E-state index in [2.05, 4.69) is 25.7 Å². The van der Waals surface area contributed by atoms with Crippen molar-refractivity contribution in [2.45, 2.75) is 30.8 Å². The van der Waals surface area contributed by atoms with Gasteiger partial charge in [-0.1, -0.05) is 12.1 Å². The molecule has 0 radical (unpaired) electrons. The summed E-state index contributed by atoms with van der Waals surface area (Å²) in [6.45, 7) is 1.80. The number of aromatic amines is 1. The number of nitrogens with one attached hydrogen (secondary N) is 4. The number of nitrogens with zero attached hydrogens (tertiary/aromatic N) is 2. The first-order chi connectivity index (χ1) is 15.7. The number of halogens is 1. The van der Waals surface area contributed by atoms with Crippen LogP contribution in [0.2, 0.25) is 0 Å². The van der Waals surface area contributed by atoms with E-state index in [1.165, 1.54) is 24.5 Å². The Labute approximate surface area is 188 Å². The van der Waals surface area contributed by atoms with Crippen LogP contribution in [0.25, 0.3) is 0 Å². The molecule has 1 unspecified atom stereocenters. The van der Waals surface area contributed by atoms with Crippen molar-refractivity contribution in [2.24, 2.45) is 0 Å². The second-order valence-electron chi connectivity index (χ2n) is 7.01. The number of sulfonamides is 1. The minimum Gasteiger partial charge on any atom is -0.397 e. The maximum Gasteiger partial charge on any atom is 0.271 e. The number of carbonyl (C=O) groups excluding carboxylic acids is 1. The number of rotatable bonds is 9. The molecule has 3 rings (SSSR count). The molecule has 0 saturated carbocycles. The molecule has 0 aliphatic carbocycles. The Balaban J connectivity index is 1.75. The number of hydrogen-bond donors (Lipinski definition) is 5. The normalized spacial score (nSPS) is 12.3. The lowest BCUT2D eigenvalue weighted by Crippen LogP contribution is -2.44. The lowest BCUT2D eigenvalue weighted by molar-refractivity contribution is -0.121. The van der Waals surface area contributed by atoms with E-state index in [0.717, 1.165) is 17.8 Å². The number of aryl methyl sites for hydroxylation is 1. The molecule has 0 bridgehead atoms. The first-order valence-electron chi connectivity index (χ1n) is 9.71. The molecule has 33 heavy (non-hydrogen) atoms. The maximum absolute atomic E-state index is 13.9. The van der Waals surface area contributed by atoms with E-state index < -0.39 is 38.2 Å². The van der Waals surface area contributed by atoms with Gasteiger partial charge in [-0.05, 0) is 31.2 Å². The largest absolute Gasteiger partial charge is 0.397 e. The van der Waals surface area contributed by atoms with Crippen molar-refractivity contribution in [3.8, 4) is 0 Å². The lowest BCUT2D eigenvalue weighted by atomic mass is 10.1. The van der Waals surface area contributed by atoms with Crippen molar-refractivity contribution >= 4 is 21.6 Å². The van der Waals surface area contributed by atoms with Gasteiger partial charge in [-0.15, -0.1) is 4.83 Å². The minimum absolute atomic E-state index is 0.0264. The summed E-state index contributed by atoms with van der Waals surface area (Å²) in [5, 5.41) is 2.63. The number of pyridine rings is 1. The van der Waals surface area contributed by atoms with Gasteiger partial charge in [-0.2, -0.15) is 0 Å². The van der Waals surface area contributed by atoms with Crippen molar-refractivity contribution in [3.63, 3.8) is 0 Å². The average Bonchev–Trinajstić information content (AvgIpc) is 2.78. The highest BCUT2D eigenvalue weighted by atomic mass is 32.2. The molecule has 0 aliphatic rings. The number of nitrogens with two attached hydrogens (primary N) is 1. The monoisotopic (exact) mass is 475 g/mol. The molecule has 2 heterocycles. The maximum atomic E-state index is 13.9.